The molecule has 0 heterocycles. The van der Waals surface area contributed by atoms with Gasteiger partial charge in [0.1, 0.15) is 0 Å². The van der Waals surface area contributed by atoms with Crippen LogP contribution in [-0.2, 0) is 9.59 Å². The zero-order chi connectivity index (χ0) is 8.36. The first kappa shape index (κ1) is 9.94. The Labute approximate surface area is 75.6 Å². The summed E-state index contributed by atoms with van der Waals surface area (Å²) in [5, 5.41) is 16.9. The van der Waals surface area contributed by atoms with Crippen molar-refractivity contribution < 1.29 is 19.8 Å². The van der Waals surface area contributed by atoms with Crippen LogP contribution in [0.5, 0.6) is 0 Å². The van der Waals surface area contributed by atoms with Crippen molar-refractivity contribution in [1.29, 1.82) is 0 Å². The normalized spacial score (nSPS) is 11.1. The predicted octanol–water partition coefficient (Wildman–Crippen LogP) is -0.107. The van der Waals surface area contributed by atoms with Crippen LogP contribution in [0.15, 0.2) is 0 Å². The summed E-state index contributed by atoms with van der Waals surface area (Å²) in [6.45, 7) is 1.56. The van der Waals surface area contributed by atoms with E-state index in [0.29, 0.717) is 0 Å². The molecule has 2 N–H and O–H groups in total. The fourth-order valence-corrected chi connectivity index (χ4v) is 0.394. The van der Waals surface area contributed by atoms with Crippen molar-refractivity contribution in [3.63, 3.8) is 0 Å². The van der Waals surface area contributed by atoms with Gasteiger partial charge in [0, 0.05) is 0 Å². The SMILES string of the molecule is CC[C]([Na])(C(=O)O)C(=O)O. The number of carbonyl (C=O) groups is 2. The minimum absolute atomic E-state index is 0.139. The van der Waals surface area contributed by atoms with Crippen LogP contribution in [0, 0.1) is 0 Å². The van der Waals surface area contributed by atoms with Crippen molar-refractivity contribution in [2.45, 2.75) is 16.0 Å². The van der Waals surface area contributed by atoms with E-state index in [1.807, 2.05) is 0 Å². The Morgan fingerprint density at radius 3 is 1.70 bits per heavy atom. The molecule has 0 saturated carbocycles. The number of hydrogen-bond acceptors (Lipinski definition) is 2. The van der Waals surface area contributed by atoms with Gasteiger partial charge in [-0.05, 0) is 0 Å². The molecule has 0 aromatic carbocycles. The number of carboxylic acids is 2. The van der Waals surface area contributed by atoms with E-state index in [4.69, 9.17) is 10.2 Å². The molecule has 0 bridgehead atoms. The van der Waals surface area contributed by atoms with Crippen molar-refractivity contribution in [3.05, 3.63) is 0 Å². The molecule has 0 aliphatic rings. The van der Waals surface area contributed by atoms with E-state index in [9.17, 15) is 9.59 Å². The van der Waals surface area contributed by atoms with Crippen molar-refractivity contribution in [2.24, 2.45) is 0 Å². The molecule has 0 aromatic heterocycles. The van der Waals surface area contributed by atoms with Crippen LogP contribution >= 0.6 is 0 Å². The molecule has 0 fully saturated rings. The maximum atomic E-state index is 10.3. The van der Waals surface area contributed by atoms with E-state index in [0.717, 1.165) is 0 Å². The average molecular weight is 154 g/mol. The van der Waals surface area contributed by atoms with Gasteiger partial charge in [0.15, 0.2) is 0 Å². The Kier molecular flexibility index (Phi) is 3.35. The number of aliphatic carboxylic acids is 2. The Balaban J connectivity index is 4.55. The molecule has 5 heteroatoms. The van der Waals surface area contributed by atoms with Gasteiger partial charge in [-0.25, -0.2) is 0 Å². The third kappa shape index (κ3) is 1.71. The molecular weight excluding hydrogens is 147 g/mol. The van der Waals surface area contributed by atoms with Crippen LogP contribution in [0.4, 0.5) is 0 Å². The molecule has 52 valence electrons. The molecule has 0 unspecified atom stereocenters. The number of carboxylic acid groups (broad SMARTS) is 2. The molecule has 0 amide bonds. The predicted molar refractivity (Wildman–Crippen MR) is 34.0 cm³/mol. The molecule has 0 aliphatic heterocycles. The van der Waals surface area contributed by atoms with Crippen molar-refractivity contribution in [1.82, 2.24) is 0 Å². The van der Waals surface area contributed by atoms with E-state index in [-0.39, 0.29) is 34.4 Å². The second kappa shape index (κ2) is 3.37. The zero-order valence-electron chi connectivity index (χ0n) is 5.92. The van der Waals surface area contributed by atoms with Crippen molar-refractivity contribution in [2.75, 3.05) is 0 Å². The number of hydrogen-bond donors (Lipinski definition) is 2. The Morgan fingerprint density at radius 2 is 1.70 bits per heavy atom. The summed E-state index contributed by atoms with van der Waals surface area (Å²) in [4.78, 5) is 20.7. The summed E-state index contributed by atoms with van der Waals surface area (Å²) in [5.74, 6) is -2.46. The van der Waals surface area contributed by atoms with E-state index < -0.39 is 14.6 Å². The quantitative estimate of drug-likeness (QED) is 0.439. The molecule has 0 aliphatic carbocycles. The first-order valence-corrected chi connectivity index (χ1v) is 3.92. The minimum atomic E-state index is -1.49. The Hall–Kier alpha value is -0.0600. The van der Waals surface area contributed by atoms with Gasteiger partial charge in [0.2, 0.25) is 0 Å². The van der Waals surface area contributed by atoms with Crippen LogP contribution < -0.4 is 0 Å². The molecule has 0 aromatic rings. The van der Waals surface area contributed by atoms with Gasteiger partial charge in [-0.15, -0.1) is 0 Å². The monoisotopic (exact) mass is 154 g/mol. The standard InChI is InChI=1S/C5H7O4.Na/c1-2-3(4(6)7)5(8)9;/h2H2,1H3,(H,6,7)(H,8,9);. The van der Waals surface area contributed by atoms with Gasteiger partial charge in [-0.1, -0.05) is 0 Å². The molecule has 0 atom stereocenters. The van der Waals surface area contributed by atoms with Gasteiger partial charge >= 0.3 is 75.7 Å². The van der Waals surface area contributed by atoms with Gasteiger partial charge in [0.05, 0.1) is 0 Å². The summed E-state index contributed by atoms with van der Waals surface area (Å²) in [5.41, 5.74) is 0. The van der Waals surface area contributed by atoms with Gasteiger partial charge in [-0.2, -0.15) is 0 Å². The van der Waals surface area contributed by atoms with Crippen molar-refractivity contribution >= 4 is 39.9 Å². The Bertz CT molecular complexity index is 151. The average Bonchev–Trinajstić information content (AvgIpc) is 1.85. The van der Waals surface area contributed by atoms with Gasteiger partial charge < -0.3 is 0 Å². The first-order valence-electron chi connectivity index (χ1n) is 2.92. The van der Waals surface area contributed by atoms with E-state index in [1.54, 1.807) is 6.92 Å². The van der Waals surface area contributed by atoms with Crippen LogP contribution in [0.1, 0.15) is 13.3 Å². The third-order valence-electron chi connectivity index (χ3n) is 1.65. The van der Waals surface area contributed by atoms with E-state index >= 15 is 0 Å². The summed E-state index contributed by atoms with van der Waals surface area (Å²) >= 11 is 0.139. The van der Waals surface area contributed by atoms with Crippen LogP contribution in [0.2, 0.25) is 2.66 Å². The summed E-state index contributed by atoms with van der Waals surface area (Å²) < 4.78 is -1.49. The summed E-state index contributed by atoms with van der Waals surface area (Å²) in [7, 11) is 0. The third-order valence-corrected chi connectivity index (χ3v) is 3.21. The molecule has 4 nitrogen and oxygen atoms in total. The topological polar surface area (TPSA) is 74.6 Å². The Morgan fingerprint density at radius 1 is 1.40 bits per heavy atom. The molecule has 0 spiro atoms. The second-order valence-corrected chi connectivity index (χ2v) is 4.00. The van der Waals surface area contributed by atoms with Crippen LogP contribution in [-0.4, -0.2) is 50.1 Å². The van der Waals surface area contributed by atoms with Gasteiger partial charge in [0.25, 0.3) is 0 Å². The molecule has 0 saturated heterocycles. The van der Waals surface area contributed by atoms with Crippen molar-refractivity contribution in [3.8, 4) is 0 Å². The second-order valence-electron chi connectivity index (χ2n) is 2.30. The summed E-state index contributed by atoms with van der Waals surface area (Å²) in [6, 6.07) is 0. The van der Waals surface area contributed by atoms with Crippen LogP contribution in [0.3, 0.4) is 0 Å². The van der Waals surface area contributed by atoms with Crippen LogP contribution in [0.25, 0.3) is 0 Å². The first-order chi connectivity index (χ1) is 4.45. The van der Waals surface area contributed by atoms with E-state index in [2.05, 4.69) is 0 Å². The molecule has 0 rings (SSSR count). The summed E-state index contributed by atoms with van der Waals surface area (Å²) in [6.07, 6.45) is 0.157. The fourth-order valence-electron chi connectivity index (χ4n) is 0.394. The maximum absolute atomic E-state index is 10.3. The zero-order valence-corrected chi connectivity index (χ0v) is 7.92. The fraction of sp³-hybridized carbons (Fsp3) is 0.600. The molecular formula is C5H7NaO4. The van der Waals surface area contributed by atoms with Gasteiger partial charge in [-0.3, -0.25) is 0 Å². The van der Waals surface area contributed by atoms with E-state index in [1.165, 1.54) is 0 Å². The molecule has 10 heavy (non-hydrogen) atoms. The number of rotatable bonds is 3. The molecule has 0 radical (unpaired) electrons.